The SMILES string of the molecule is O=C1C(c2ccccc2)=C(N=P(c2ccccc2)(c2ccccc2)c2ccccc2)c2ccccc21. The van der Waals surface area contributed by atoms with E-state index in [-0.39, 0.29) is 5.78 Å². The Morgan fingerprint density at radius 2 is 0.833 bits per heavy atom. The molecule has 1 aliphatic rings. The number of nitrogens with zero attached hydrogens (tertiary/aromatic N) is 1. The summed E-state index contributed by atoms with van der Waals surface area (Å²) in [6, 6.07) is 49.4. The molecule has 36 heavy (non-hydrogen) atoms. The van der Waals surface area contributed by atoms with Gasteiger partial charge >= 0.3 is 0 Å². The number of hydrogen-bond acceptors (Lipinski definition) is 2. The van der Waals surface area contributed by atoms with Gasteiger partial charge in [0.2, 0.25) is 0 Å². The molecule has 5 aromatic rings. The summed E-state index contributed by atoms with van der Waals surface area (Å²) in [6.07, 6.45) is 0. The van der Waals surface area contributed by atoms with Crippen molar-refractivity contribution in [1.29, 1.82) is 0 Å². The summed E-state index contributed by atoms with van der Waals surface area (Å²) >= 11 is 0. The Bertz CT molecular complexity index is 1520. The highest BCUT2D eigenvalue weighted by molar-refractivity contribution is 7.87. The highest BCUT2D eigenvalue weighted by Crippen LogP contribution is 2.52. The fourth-order valence-electron chi connectivity index (χ4n) is 4.94. The van der Waals surface area contributed by atoms with Crippen molar-refractivity contribution >= 4 is 40.0 Å². The Morgan fingerprint density at radius 3 is 1.31 bits per heavy atom. The molecule has 0 spiro atoms. The van der Waals surface area contributed by atoms with E-state index in [1.807, 2.05) is 72.8 Å². The molecule has 0 radical (unpaired) electrons. The normalized spacial score (nSPS) is 12.9. The predicted octanol–water partition coefficient (Wildman–Crippen LogP) is 6.93. The number of benzene rings is 5. The first-order valence-corrected chi connectivity index (χ1v) is 13.8. The van der Waals surface area contributed by atoms with E-state index in [4.69, 9.17) is 4.74 Å². The number of rotatable bonds is 5. The van der Waals surface area contributed by atoms with Crippen LogP contribution in [0.4, 0.5) is 0 Å². The van der Waals surface area contributed by atoms with Crippen LogP contribution in [0.5, 0.6) is 0 Å². The maximum absolute atomic E-state index is 13.8. The third-order valence-electron chi connectivity index (χ3n) is 6.59. The van der Waals surface area contributed by atoms with E-state index in [0.717, 1.165) is 32.7 Å². The average Bonchev–Trinajstić information content (AvgIpc) is 3.24. The molecule has 0 atom stereocenters. The number of fused-ring (bicyclic) bond motifs is 1. The molecule has 0 amide bonds. The molecule has 0 saturated heterocycles. The van der Waals surface area contributed by atoms with E-state index in [2.05, 4.69) is 72.8 Å². The monoisotopic (exact) mass is 481 g/mol. The molecule has 0 aliphatic heterocycles. The zero-order valence-corrected chi connectivity index (χ0v) is 20.6. The maximum Gasteiger partial charge on any atom is 0.196 e. The molecule has 6 rings (SSSR count). The van der Waals surface area contributed by atoms with E-state index in [9.17, 15) is 4.79 Å². The Labute approximate surface area is 211 Å². The molecule has 3 heteroatoms. The first-order valence-electron chi connectivity index (χ1n) is 12.0. The smallest absolute Gasteiger partial charge is 0.196 e. The van der Waals surface area contributed by atoms with E-state index in [1.165, 1.54) is 0 Å². The third kappa shape index (κ3) is 3.68. The van der Waals surface area contributed by atoms with Crippen LogP contribution in [0.1, 0.15) is 21.5 Å². The van der Waals surface area contributed by atoms with Gasteiger partial charge in [-0.05, 0) is 5.56 Å². The summed E-state index contributed by atoms with van der Waals surface area (Å²) in [4.78, 5) is 13.8. The molecule has 172 valence electrons. The molecule has 2 nitrogen and oxygen atoms in total. The summed E-state index contributed by atoms with van der Waals surface area (Å²) in [5, 5.41) is 3.46. The van der Waals surface area contributed by atoms with Crippen molar-refractivity contribution in [2.24, 2.45) is 4.74 Å². The molecular formula is C33H24NOP. The van der Waals surface area contributed by atoms with Gasteiger partial charge in [-0.2, -0.15) is 0 Å². The fraction of sp³-hybridized carbons (Fsp3) is 0. The summed E-state index contributed by atoms with van der Waals surface area (Å²) < 4.78 is 5.74. The van der Waals surface area contributed by atoms with Crippen LogP contribution in [0.3, 0.4) is 0 Å². The lowest BCUT2D eigenvalue weighted by molar-refractivity contribution is 0.105. The van der Waals surface area contributed by atoms with E-state index in [0.29, 0.717) is 11.1 Å². The fourth-order valence-corrected chi connectivity index (χ4v) is 8.50. The molecule has 1 aliphatic carbocycles. The van der Waals surface area contributed by atoms with Crippen LogP contribution in [0.15, 0.2) is 150 Å². The quantitative estimate of drug-likeness (QED) is 0.250. The first-order chi connectivity index (χ1) is 17.8. The summed E-state index contributed by atoms with van der Waals surface area (Å²) in [7, 11) is -2.53. The maximum atomic E-state index is 13.8. The van der Waals surface area contributed by atoms with Crippen molar-refractivity contribution in [3.8, 4) is 0 Å². The molecule has 0 saturated carbocycles. The number of Topliss-reactive ketones (excluding diaryl/α,β-unsaturated/α-hetero) is 1. The average molecular weight is 482 g/mol. The molecule has 0 heterocycles. The van der Waals surface area contributed by atoms with Crippen LogP contribution in [0.25, 0.3) is 11.3 Å². The van der Waals surface area contributed by atoms with Gasteiger partial charge in [-0.15, -0.1) is 0 Å². The molecule has 5 aromatic carbocycles. The van der Waals surface area contributed by atoms with Gasteiger partial charge < -0.3 is 0 Å². The highest BCUT2D eigenvalue weighted by atomic mass is 31.2. The third-order valence-corrected chi connectivity index (χ3v) is 10.2. The van der Waals surface area contributed by atoms with Gasteiger partial charge in [-0.25, -0.2) is 0 Å². The van der Waals surface area contributed by atoms with Crippen LogP contribution >= 0.6 is 7.05 Å². The van der Waals surface area contributed by atoms with Crippen LogP contribution in [0, 0.1) is 0 Å². The predicted molar refractivity (Wildman–Crippen MR) is 152 cm³/mol. The zero-order valence-electron chi connectivity index (χ0n) is 19.7. The topological polar surface area (TPSA) is 29.4 Å². The minimum Gasteiger partial charge on any atom is -0.288 e. The van der Waals surface area contributed by atoms with Crippen molar-refractivity contribution in [2.75, 3.05) is 0 Å². The lowest BCUT2D eigenvalue weighted by Crippen LogP contribution is -2.25. The van der Waals surface area contributed by atoms with Gasteiger partial charge in [0.25, 0.3) is 0 Å². The van der Waals surface area contributed by atoms with Crippen molar-refractivity contribution < 1.29 is 4.79 Å². The number of ketones is 1. The summed E-state index contributed by atoms with van der Waals surface area (Å²) in [6.45, 7) is 0. The van der Waals surface area contributed by atoms with Crippen molar-refractivity contribution in [3.63, 3.8) is 0 Å². The number of hydrogen-bond donors (Lipinski definition) is 0. The van der Waals surface area contributed by atoms with Gasteiger partial charge in [0.05, 0.1) is 18.3 Å². The lowest BCUT2D eigenvalue weighted by Gasteiger charge is -2.27. The Hall–Kier alpha value is -4.26. The zero-order chi connectivity index (χ0) is 24.4. The van der Waals surface area contributed by atoms with Crippen LogP contribution in [-0.4, -0.2) is 5.78 Å². The molecular weight excluding hydrogens is 457 g/mol. The molecule has 0 N–H and O–H groups in total. The van der Waals surface area contributed by atoms with Crippen molar-refractivity contribution in [3.05, 3.63) is 162 Å². The standard InChI is InChI=1S/C33H24NOP/c35-33-30-24-14-13-23-29(30)32(31(33)25-15-5-1-6-16-25)34-36(26-17-7-2-8-18-26,27-19-9-3-10-20-27)28-21-11-4-12-22-28/h1-24H. The largest absolute Gasteiger partial charge is 0.288 e. The van der Waals surface area contributed by atoms with Crippen LogP contribution in [-0.2, 0) is 0 Å². The summed E-state index contributed by atoms with van der Waals surface area (Å²) in [5.74, 6) is 0.0304. The van der Waals surface area contributed by atoms with E-state index in [1.54, 1.807) is 0 Å². The van der Waals surface area contributed by atoms with Gasteiger partial charge in [0.15, 0.2) is 5.78 Å². The minimum absolute atomic E-state index is 0.0304. The van der Waals surface area contributed by atoms with Crippen molar-refractivity contribution in [1.82, 2.24) is 0 Å². The van der Waals surface area contributed by atoms with Crippen molar-refractivity contribution in [2.45, 2.75) is 0 Å². The molecule has 0 bridgehead atoms. The van der Waals surface area contributed by atoms with Crippen LogP contribution in [0.2, 0.25) is 0 Å². The summed E-state index contributed by atoms with van der Waals surface area (Å²) in [5.41, 5.74) is 3.94. The Balaban J connectivity index is 1.80. The second-order valence-electron chi connectivity index (χ2n) is 8.71. The molecule has 0 fully saturated rings. The Morgan fingerprint density at radius 1 is 0.444 bits per heavy atom. The molecule has 0 unspecified atom stereocenters. The van der Waals surface area contributed by atoms with E-state index < -0.39 is 7.05 Å². The highest BCUT2D eigenvalue weighted by Gasteiger charge is 2.34. The number of carbonyl (C=O) groups is 1. The Kier molecular flexibility index (Phi) is 5.81. The lowest BCUT2D eigenvalue weighted by atomic mass is 10.0. The second-order valence-corrected chi connectivity index (χ2v) is 11.7. The number of allylic oxidation sites excluding steroid dienone is 1. The number of carbonyl (C=O) groups excluding carboxylic acids is 1. The van der Waals surface area contributed by atoms with Gasteiger partial charge in [0.1, 0.15) is 0 Å². The minimum atomic E-state index is -2.53. The molecule has 0 aromatic heterocycles. The van der Waals surface area contributed by atoms with Gasteiger partial charge in [-0.3, -0.25) is 9.54 Å². The van der Waals surface area contributed by atoms with E-state index >= 15 is 0 Å². The van der Waals surface area contributed by atoms with Gasteiger partial charge in [0, 0.05) is 27.0 Å². The van der Waals surface area contributed by atoms with Crippen LogP contribution < -0.4 is 15.9 Å². The van der Waals surface area contributed by atoms with Gasteiger partial charge in [-0.1, -0.05) is 146 Å². The first kappa shape index (κ1) is 22.2. The second kappa shape index (κ2) is 9.41.